The average molecular weight is 297 g/mol. The zero-order chi connectivity index (χ0) is 15.2. The normalized spacial score (nSPS) is 18.5. The van der Waals surface area contributed by atoms with Gasteiger partial charge in [-0.15, -0.1) is 0 Å². The van der Waals surface area contributed by atoms with E-state index in [1.807, 2.05) is 6.92 Å². The van der Waals surface area contributed by atoms with Crippen molar-refractivity contribution < 1.29 is 18.3 Å². The molecule has 0 radical (unpaired) electrons. The molecular formula is C16H21F2NO2. The lowest BCUT2D eigenvalue weighted by atomic mass is 10.1. The van der Waals surface area contributed by atoms with Crippen molar-refractivity contribution in [1.29, 1.82) is 0 Å². The van der Waals surface area contributed by atoms with Crippen molar-refractivity contribution in [1.82, 2.24) is 4.90 Å². The zero-order valence-corrected chi connectivity index (χ0v) is 12.3. The van der Waals surface area contributed by atoms with Crippen LogP contribution < -0.4 is 0 Å². The Morgan fingerprint density at radius 3 is 2.86 bits per heavy atom. The first-order chi connectivity index (χ1) is 10.1. The van der Waals surface area contributed by atoms with E-state index in [0.717, 1.165) is 43.9 Å². The summed E-state index contributed by atoms with van der Waals surface area (Å²) < 4.78 is 32.6. The number of carbonyl (C=O) groups excluding carboxylic acids is 1. The van der Waals surface area contributed by atoms with E-state index in [1.54, 1.807) is 4.90 Å². The minimum Gasteiger partial charge on any atom is -0.376 e. The summed E-state index contributed by atoms with van der Waals surface area (Å²) in [6, 6.07) is 2.96. The maximum absolute atomic E-state index is 13.8. The predicted molar refractivity (Wildman–Crippen MR) is 76.1 cm³/mol. The lowest BCUT2D eigenvalue weighted by Gasteiger charge is -2.30. The highest BCUT2D eigenvalue weighted by Gasteiger charge is 2.24. The van der Waals surface area contributed by atoms with Crippen LogP contribution in [-0.2, 0) is 4.74 Å². The van der Waals surface area contributed by atoms with Gasteiger partial charge in [-0.1, -0.05) is 6.92 Å². The number of amides is 1. The summed E-state index contributed by atoms with van der Waals surface area (Å²) in [7, 11) is 0. The minimum absolute atomic E-state index is 0.00845. The van der Waals surface area contributed by atoms with E-state index in [9.17, 15) is 13.6 Å². The third-order valence-corrected chi connectivity index (χ3v) is 3.64. The Morgan fingerprint density at radius 1 is 1.38 bits per heavy atom. The Labute approximate surface area is 123 Å². The number of halogens is 2. The first-order valence-electron chi connectivity index (χ1n) is 7.47. The highest BCUT2D eigenvalue weighted by atomic mass is 19.1. The lowest BCUT2D eigenvalue weighted by molar-refractivity contribution is -0.00393. The molecule has 0 N–H and O–H groups in total. The fraction of sp³-hybridized carbons (Fsp3) is 0.562. The molecule has 1 unspecified atom stereocenters. The maximum Gasteiger partial charge on any atom is 0.257 e. The van der Waals surface area contributed by atoms with E-state index < -0.39 is 17.5 Å². The van der Waals surface area contributed by atoms with Gasteiger partial charge in [-0.2, -0.15) is 0 Å². The molecule has 1 amide bonds. The highest BCUT2D eigenvalue weighted by molar-refractivity contribution is 5.94. The largest absolute Gasteiger partial charge is 0.376 e. The zero-order valence-electron chi connectivity index (χ0n) is 12.3. The third-order valence-electron chi connectivity index (χ3n) is 3.64. The van der Waals surface area contributed by atoms with Crippen LogP contribution in [0.25, 0.3) is 0 Å². The Kier molecular flexibility index (Phi) is 5.67. The summed E-state index contributed by atoms with van der Waals surface area (Å²) in [4.78, 5) is 14.0. The van der Waals surface area contributed by atoms with Crippen molar-refractivity contribution in [3.05, 3.63) is 35.4 Å². The standard InChI is InChI=1S/C16H21F2NO2/c1-2-8-19(11-13-5-3-4-9-21-13)16(20)14-10-12(17)6-7-15(14)18/h6-7,10,13H,2-5,8-9,11H2,1H3. The van der Waals surface area contributed by atoms with Gasteiger partial charge in [0.1, 0.15) is 11.6 Å². The molecule has 1 fully saturated rings. The summed E-state index contributed by atoms with van der Waals surface area (Å²) in [6.07, 6.45) is 3.77. The number of carbonyl (C=O) groups is 1. The number of rotatable bonds is 5. The van der Waals surface area contributed by atoms with Crippen LogP contribution in [0.4, 0.5) is 8.78 Å². The van der Waals surface area contributed by atoms with Gasteiger partial charge in [0, 0.05) is 19.7 Å². The molecule has 0 spiro atoms. The molecule has 0 aromatic heterocycles. The SMILES string of the molecule is CCCN(CC1CCCCO1)C(=O)c1cc(F)ccc1F. The Morgan fingerprint density at radius 2 is 2.19 bits per heavy atom. The number of hydrogen-bond donors (Lipinski definition) is 0. The van der Waals surface area contributed by atoms with Crippen molar-refractivity contribution in [2.75, 3.05) is 19.7 Å². The maximum atomic E-state index is 13.8. The van der Waals surface area contributed by atoms with Gasteiger partial charge in [-0.05, 0) is 43.9 Å². The molecule has 3 nitrogen and oxygen atoms in total. The molecule has 5 heteroatoms. The smallest absolute Gasteiger partial charge is 0.257 e. The van der Waals surface area contributed by atoms with Crippen LogP contribution in [0.5, 0.6) is 0 Å². The van der Waals surface area contributed by atoms with Crippen LogP contribution in [0.15, 0.2) is 18.2 Å². The monoisotopic (exact) mass is 297 g/mol. The molecule has 2 rings (SSSR count). The summed E-state index contributed by atoms with van der Waals surface area (Å²) >= 11 is 0. The van der Waals surface area contributed by atoms with Crippen LogP contribution in [0.3, 0.4) is 0 Å². The number of nitrogens with zero attached hydrogens (tertiary/aromatic N) is 1. The average Bonchev–Trinajstić information content (AvgIpc) is 2.49. The Hall–Kier alpha value is -1.49. The molecule has 1 aromatic rings. The lowest BCUT2D eigenvalue weighted by Crippen LogP contribution is -2.40. The molecule has 116 valence electrons. The van der Waals surface area contributed by atoms with E-state index in [-0.39, 0.29) is 11.7 Å². The van der Waals surface area contributed by atoms with Gasteiger partial charge in [-0.25, -0.2) is 8.78 Å². The molecule has 0 bridgehead atoms. The van der Waals surface area contributed by atoms with Gasteiger partial charge in [0.25, 0.3) is 5.91 Å². The first-order valence-corrected chi connectivity index (χ1v) is 7.47. The first kappa shape index (κ1) is 15.9. The van der Waals surface area contributed by atoms with E-state index in [0.29, 0.717) is 19.7 Å². The summed E-state index contributed by atoms with van der Waals surface area (Å²) in [6.45, 7) is 3.59. The second-order valence-electron chi connectivity index (χ2n) is 5.36. The van der Waals surface area contributed by atoms with Crippen LogP contribution in [0.1, 0.15) is 43.0 Å². The van der Waals surface area contributed by atoms with Gasteiger partial charge in [0.15, 0.2) is 0 Å². The topological polar surface area (TPSA) is 29.5 Å². The van der Waals surface area contributed by atoms with Crippen molar-refractivity contribution >= 4 is 5.91 Å². The molecule has 0 saturated carbocycles. The van der Waals surface area contributed by atoms with E-state index in [4.69, 9.17) is 4.74 Å². The summed E-state index contributed by atoms with van der Waals surface area (Å²) in [5.74, 6) is -1.76. The van der Waals surface area contributed by atoms with Crippen molar-refractivity contribution in [2.24, 2.45) is 0 Å². The molecular weight excluding hydrogens is 276 g/mol. The summed E-state index contributed by atoms with van der Waals surface area (Å²) in [5, 5.41) is 0. The van der Waals surface area contributed by atoms with Crippen LogP contribution in [0.2, 0.25) is 0 Å². The Bertz CT molecular complexity index is 487. The second kappa shape index (κ2) is 7.50. The third kappa shape index (κ3) is 4.24. The fourth-order valence-corrected chi connectivity index (χ4v) is 2.57. The van der Waals surface area contributed by atoms with Crippen molar-refractivity contribution in [2.45, 2.75) is 38.7 Å². The molecule has 21 heavy (non-hydrogen) atoms. The molecule has 1 aromatic carbocycles. The summed E-state index contributed by atoms with van der Waals surface area (Å²) in [5.41, 5.74) is -0.209. The highest BCUT2D eigenvalue weighted by Crippen LogP contribution is 2.17. The van der Waals surface area contributed by atoms with Gasteiger partial charge >= 0.3 is 0 Å². The van der Waals surface area contributed by atoms with E-state index in [2.05, 4.69) is 0 Å². The van der Waals surface area contributed by atoms with Gasteiger partial charge < -0.3 is 9.64 Å². The van der Waals surface area contributed by atoms with E-state index >= 15 is 0 Å². The van der Waals surface area contributed by atoms with Crippen molar-refractivity contribution in [3.8, 4) is 0 Å². The molecule has 1 aliphatic heterocycles. The quantitative estimate of drug-likeness (QED) is 0.834. The predicted octanol–water partition coefficient (Wildman–Crippen LogP) is 3.39. The fourth-order valence-electron chi connectivity index (χ4n) is 2.57. The van der Waals surface area contributed by atoms with Crippen LogP contribution in [-0.4, -0.2) is 36.6 Å². The van der Waals surface area contributed by atoms with Gasteiger partial charge in [-0.3, -0.25) is 4.79 Å². The van der Waals surface area contributed by atoms with Crippen LogP contribution >= 0.6 is 0 Å². The molecule has 1 atom stereocenters. The number of ether oxygens (including phenoxy) is 1. The van der Waals surface area contributed by atoms with E-state index in [1.165, 1.54) is 0 Å². The number of benzene rings is 1. The molecule has 1 aliphatic rings. The van der Waals surface area contributed by atoms with Crippen LogP contribution in [0, 0.1) is 11.6 Å². The van der Waals surface area contributed by atoms with Gasteiger partial charge in [0.05, 0.1) is 11.7 Å². The second-order valence-corrected chi connectivity index (χ2v) is 5.36. The molecule has 1 saturated heterocycles. The van der Waals surface area contributed by atoms with Gasteiger partial charge in [0.2, 0.25) is 0 Å². The van der Waals surface area contributed by atoms with Crippen molar-refractivity contribution in [3.63, 3.8) is 0 Å². The minimum atomic E-state index is -0.688. The molecule has 0 aliphatic carbocycles. The Balaban J connectivity index is 2.12. The molecule has 1 heterocycles. The number of hydrogen-bond acceptors (Lipinski definition) is 2.